The lowest BCUT2D eigenvalue weighted by atomic mass is 9.88. The van der Waals surface area contributed by atoms with Gasteiger partial charge in [-0.3, -0.25) is 14.5 Å². The van der Waals surface area contributed by atoms with E-state index in [0.717, 1.165) is 17.7 Å². The summed E-state index contributed by atoms with van der Waals surface area (Å²) in [7, 11) is 0. The average molecular weight is 320 g/mol. The summed E-state index contributed by atoms with van der Waals surface area (Å²) in [4.78, 5) is 38.0. The van der Waals surface area contributed by atoms with Gasteiger partial charge in [0.2, 0.25) is 0 Å². The molecule has 0 saturated carbocycles. The fourth-order valence-corrected chi connectivity index (χ4v) is 3.01. The molecule has 2 rings (SSSR count). The van der Waals surface area contributed by atoms with Crippen LogP contribution >= 0.6 is 0 Å². The molecule has 1 saturated heterocycles. The van der Waals surface area contributed by atoms with Gasteiger partial charge in [0.1, 0.15) is 11.4 Å². The Labute approximate surface area is 134 Å². The zero-order valence-electron chi connectivity index (χ0n) is 13.4. The van der Waals surface area contributed by atoms with E-state index in [1.807, 2.05) is 13.8 Å². The molecule has 0 unspecified atom stereocenters. The zero-order valence-corrected chi connectivity index (χ0v) is 13.4. The monoisotopic (exact) mass is 320 g/mol. The Morgan fingerprint density at radius 1 is 1.13 bits per heavy atom. The van der Waals surface area contributed by atoms with Crippen molar-refractivity contribution in [1.82, 2.24) is 10.2 Å². The van der Waals surface area contributed by atoms with Crippen LogP contribution in [0.5, 0.6) is 0 Å². The number of amides is 3. The van der Waals surface area contributed by atoms with Crippen molar-refractivity contribution in [2.45, 2.75) is 45.1 Å². The number of halogens is 1. The normalized spacial score (nSPS) is 16.6. The van der Waals surface area contributed by atoms with Crippen molar-refractivity contribution in [2.75, 3.05) is 6.54 Å². The average Bonchev–Trinajstić information content (AvgIpc) is 2.73. The summed E-state index contributed by atoms with van der Waals surface area (Å²) in [5, 5.41) is 2.76. The number of Topliss-reactive ketones (excluding diaryl/α,β-unsaturated/α-hetero) is 1. The van der Waals surface area contributed by atoms with Gasteiger partial charge in [-0.1, -0.05) is 26.7 Å². The standard InChI is InChI=1S/C17H21FN2O3/c1-3-9-17(10-4-2)15(22)20(16(23)19-17)11-14(21)12-5-7-13(18)8-6-12/h5-8H,3-4,9-11H2,1-2H3,(H,19,23). The Morgan fingerprint density at radius 2 is 1.70 bits per heavy atom. The smallest absolute Gasteiger partial charge is 0.323 e. The highest BCUT2D eigenvalue weighted by Gasteiger charge is 2.50. The zero-order chi connectivity index (χ0) is 17.0. The minimum absolute atomic E-state index is 0.274. The number of carbonyl (C=O) groups excluding carboxylic acids is 3. The van der Waals surface area contributed by atoms with Crippen LogP contribution in [0.2, 0.25) is 0 Å². The molecule has 0 radical (unpaired) electrons. The van der Waals surface area contributed by atoms with Crippen LogP contribution in [-0.2, 0) is 4.79 Å². The van der Waals surface area contributed by atoms with Crippen LogP contribution in [0.25, 0.3) is 0 Å². The SMILES string of the molecule is CCCC1(CCC)NC(=O)N(CC(=O)c2ccc(F)cc2)C1=O. The Morgan fingerprint density at radius 3 is 2.22 bits per heavy atom. The Hall–Kier alpha value is -2.24. The molecular formula is C17H21FN2O3. The third-order valence-corrected chi connectivity index (χ3v) is 4.07. The lowest BCUT2D eigenvalue weighted by Gasteiger charge is -2.25. The molecule has 5 nitrogen and oxygen atoms in total. The van der Waals surface area contributed by atoms with Crippen molar-refractivity contribution >= 4 is 17.7 Å². The maximum absolute atomic E-state index is 12.9. The van der Waals surface area contributed by atoms with Crippen LogP contribution in [0.1, 0.15) is 49.9 Å². The number of urea groups is 1. The third-order valence-electron chi connectivity index (χ3n) is 4.07. The van der Waals surface area contributed by atoms with E-state index in [2.05, 4.69) is 5.32 Å². The second-order valence-corrected chi connectivity index (χ2v) is 5.83. The van der Waals surface area contributed by atoms with E-state index in [1.165, 1.54) is 24.3 Å². The van der Waals surface area contributed by atoms with Crippen molar-refractivity contribution in [3.63, 3.8) is 0 Å². The van der Waals surface area contributed by atoms with E-state index in [1.54, 1.807) is 0 Å². The summed E-state index contributed by atoms with van der Waals surface area (Å²) in [6.45, 7) is 3.57. The molecule has 1 aromatic rings. The molecule has 0 atom stereocenters. The molecule has 1 aromatic carbocycles. The van der Waals surface area contributed by atoms with Crippen molar-refractivity contribution in [2.24, 2.45) is 0 Å². The van der Waals surface area contributed by atoms with Crippen molar-refractivity contribution in [3.8, 4) is 0 Å². The molecule has 0 aliphatic carbocycles. The van der Waals surface area contributed by atoms with Gasteiger partial charge in [0.15, 0.2) is 5.78 Å². The highest BCUT2D eigenvalue weighted by atomic mass is 19.1. The van der Waals surface area contributed by atoms with Gasteiger partial charge in [-0.2, -0.15) is 0 Å². The van der Waals surface area contributed by atoms with E-state index in [-0.39, 0.29) is 18.0 Å². The lowest BCUT2D eigenvalue weighted by molar-refractivity contribution is -0.131. The van der Waals surface area contributed by atoms with Crippen LogP contribution in [0, 0.1) is 5.82 Å². The number of rotatable bonds is 7. The van der Waals surface area contributed by atoms with Crippen LogP contribution in [0.4, 0.5) is 9.18 Å². The molecule has 0 bridgehead atoms. The van der Waals surface area contributed by atoms with Crippen molar-refractivity contribution in [1.29, 1.82) is 0 Å². The third kappa shape index (κ3) is 3.41. The molecule has 3 amide bonds. The predicted octanol–water partition coefficient (Wildman–Crippen LogP) is 2.90. The van der Waals surface area contributed by atoms with Gasteiger partial charge >= 0.3 is 6.03 Å². The number of nitrogens with one attached hydrogen (secondary N) is 1. The second kappa shape index (κ2) is 6.89. The molecule has 1 fully saturated rings. The van der Waals surface area contributed by atoms with E-state index < -0.39 is 23.2 Å². The molecular weight excluding hydrogens is 299 g/mol. The summed E-state index contributed by atoms with van der Waals surface area (Å²) in [6.07, 6.45) is 2.61. The van der Waals surface area contributed by atoms with Crippen molar-refractivity contribution in [3.05, 3.63) is 35.6 Å². The van der Waals surface area contributed by atoms with Gasteiger partial charge in [0.05, 0.1) is 6.54 Å². The van der Waals surface area contributed by atoms with E-state index in [4.69, 9.17) is 0 Å². The fraction of sp³-hybridized carbons (Fsp3) is 0.471. The molecule has 0 aromatic heterocycles. The quantitative estimate of drug-likeness (QED) is 0.620. The Bertz CT molecular complexity index is 607. The van der Waals surface area contributed by atoms with E-state index in [0.29, 0.717) is 12.8 Å². The number of nitrogens with zero attached hydrogens (tertiary/aromatic N) is 1. The minimum Gasteiger partial charge on any atom is -0.323 e. The van der Waals surface area contributed by atoms with E-state index in [9.17, 15) is 18.8 Å². The minimum atomic E-state index is -0.899. The summed E-state index contributed by atoms with van der Waals surface area (Å²) in [5.41, 5.74) is -0.626. The first-order valence-electron chi connectivity index (χ1n) is 7.86. The number of hydrogen-bond acceptors (Lipinski definition) is 3. The number of benzene rings is 1. The molecule has 1 aliphatic heterocycles. The largest absolute Gasteiger partial charge is 0.325 e. The molecule has 23 heavy (non-hydrogen) atoms. The lowest BCUT2D eigenvalue weighted by Crippen LogP contribution is -2.47. The van der Waals surface area contributed by atoms with Gasteiger partial charge in [-0.15, -0.1) is 0 Å². The molecule has 1 aliphatic rings. The van der Waals surface area contributed by atoms with Crippen LogP contribution in [-0.4, -0.2) is 34.7 Å². The molecule has 1 N–H and O–H groups in total. The maximum Gasteiger partial charge on any atom is 0.325 e. The van der Waals surface area contributed by atoms with Crippen LogP contribution in [0.3, 0.4) is 0 Å². The first-order chi connectivity index (χ1) is 10.9. The molecule has 6 heteroatoms. The summed E-state index contributed by atoms with van der Waals surface area (Å²) >= 11 is 0. The predicted molar refractivity (Wildman–Crippen MR) is 83.5 cm³/mol. The van der Waals surface area contributed by atoms with Gasteiger partial charge in [0, 0.05) is 5.56 Å². The first kappa shape index (κ1) is 17.1. The highest BCUT2D eigenvalue weighted by Crippen LogP contribution is 2.28. The summed E-state index contributed by atoms with van der Waals surface area (Å²) < 4.78 is 12.9. The van der Waals surface area contributed by atoms with Crippen LogP contribution < -0.4 is 5.32 Å². The Kier molecular flexibility index (Phi) is 5.13. The van der Waals surface area contributed by atoms with E-state index >= 15 is 0 Å². The number of imide groups is 1. The van der Waals surface area contributed by atoms with Crippen LogP contribution in [0.15, 0.2) is 24.3 Å². The maximum atomic E-state index is 12.9. The second-order valence-electron chi connectivity index (χ2n) is 5.83. The first-order valence-corrected chi connectivity index (χ1v) is 7.86. The fourth-order valence-electron chi connectivity index (χ4n) is 3.01. The Balaban J connectivity index is 2.16. The molecule has 124 valence electrons. The topological polar surface area (TPSA) is 66.5 Å². The van der Waals surface area contributed by atoms with Gasteiger partial charge < -0.3 is 5.32 Å². The summed E-state index contributed by atoms with van der Waals surface area (Å²) in [6, 6.07) is 4.52. The summed E-state index contributed by atoms with van der Waals surface area (Å²) in [5.74, 6) is -1.18. The van der Waals surface area contributed by atoms with Gasteiger partial charge in [0.25, 0.3) is 5.91 Å². The molecule has 1 heterocycles. The van der Waals surface area contributed by atoms with Gasteiger partial charge in [-0.25, -0.2) is 9.18 Å². The van der Waals surface area contributed by atoms with Crippen molar-refractivity contribution < 1.29 is 18.8 Å². The highest BCUT2D eigenvalue weighted by molar-refractivity contribution is 6.11. The number of ketones is 1. The number of carbonyl (C=O) groups is 3. The number of hydrogen-bond donors (Lipinski definition) is 1. The molecule has 0 spiro atoms. The van der Waals surface area contributed by atoms with Gasteiger partial charge in [-0.05, 0) is 37.1 Å².